The van der Waals surface area contributed by atoms with Crippen molar-refractivity contribution in [3.63, 3.8) is 0 Å². The number of methoxy groups -OCH3 is 1. The average Bonchev–Trinajstić information content (AvgIpc) is 3.07. The molecule has 1 N–H and O–H groups in total. The molecule has 9 heteroatoms. The molecule has 0 atom stereocenters. The van der Waals surface area contributed by atoms with Crippen LogP contribution in [0, 0.1) is 0 Å². The molecule has 0 unspecified atom stereocenters. The van der Waals surface area contributed by atoms with Crippen LogP contribution in [0.3, 0.4) is 0 Å². The smallest absolute Gasteiger partial charge is 0.234 e. The first-order valence-corrected chi connectivity index (χ1v) is 10.2. The summed E-state index contributed by atoms with van der Waals surface area (Å²) >= 11 is 7.31. The number of amides is 1. The molecule has 3 rings (SSSR count). The van der Waals surface area contributed by atoms with Crippen LogP contribution in [0.5, 0.6) is 5.75 Å². The third-order valence-corrected chi connectivity index (χ3v) is 5.50. The summed E-state index contributed by atoms with van der Waals surface area (Å²) in [5.41, 5.74) is 2.61. The Bertz CT molecular complexity index is 1000. The van der Waals surface area contributed by atoms with Crippen molar-refractivity contribution in [1.29, 1.82) is 0 Å². The van der Waals surface area contributed by atoms with Gasteiger partial charge in [-0.2, -0.15) is 0 Å². The lowest BCUT2D eigenvalue weighted by atomic mass is 10.2. The fourth-order valence-electron chi connectivity index (χ4n) is 2.69. The molecule has 0 aliphatic carbocycles. The predicted molar refractivity (Wildman–Crippen MR) is 118 cm³/mol. The average molecular weight is 432 g/mol. The van der Waals surface area contributed by atoms with Gasteiger partial charge < -0.3 is 19.5 Å². The van der Waals surface area contributed by atoms with Gasteiger partial charge in [0.05, 0.1) is 18.6 Å². The molecule has 3 aromatic rings. The number of halogens is 1. The van der Waals surface area contributed by atoms with E-state index >= 15 is 0 Å². The fraction of sp³-hybridized carbons (Fsp3) is 0.250. The largest absolute Gasteiger partial charge is 0.495 e. The van der Waals surface area contributed by atoms with Gasteiger partial charge in [-0.25, -0.2) is 0 Å². The third kappa shape index (κ3) is 5.02. The molecule has 152 valence electrons. The topological polar surface area (TPSA) is 72.3 Å². The Morgan fingerprint density at radius 3 is 2.59 bits per heavy atom. The molecular weight excluding hydrogens is 410 g/mol. The van der Waals surface area contributed by atoms with Crippen molar-refractivity contribution in [2.24, 2.45) is 7.05 Å². The Morgan fingerprint density at radius 1 is 1.21 bits per heavy atom. The van der Waals surface area contributed by atoms with E-state index in [0.717, 1.165) is 17.1 Å². The van der Waals surface area contributed by atoms with Crippen molar-refractivity contribution in [3.05, 3.63) is 47.5 Å². The van der Waals surface area contributed by atoms with Gasteiger partial charge in [0.15, 0.2) is 11.0 Å². The van der Waals surface area contributed by atoms with Gasteiger partial charge in [-0.3, -0.25) is 4.79 Å². The van der Waals surface area contributed by atoms with Gasteiger partial charge >= 0.3 is 0 Å². The standard InChI is InChI=1S/C20H22ClN5O2S/c1-25(2)15-8-5-13(6-9-15)19-23-24-20(26(19)3)29-12-18(27)22-16-11-14(21)7-10-17(16)28-4/h5-11H,12H2,1-4H3,(H,22,27). The quantitative estimate of drug-likeness (QED) is 0.571. The zero-order valence-electron chi connectivity index (χ0n) is 16.6. The third-order valence-electron chi connectivity index (χ3n) is 4.24. The van der Waals surface area contributed by atoms with Crippen LogP contribution in [0.2, 0.25) is 5.02 Å². The van der Waals surface area contributed by atoms with Gasteiger partial charge in [0, 0.05) is 37.4 Å². The first kappa shape index (κ1) is 21.0. The number of thioether (sulfide) groups is 1. The van der Waals surface area contributed by atoms with Crippen molar-refractivity contribution in [3.8, 4) is 17.1 Å². The van der Waals surface area contributed by atoms with E-state index in [-0.39, 0.29) is 11.7 Å². The summed E-state index contributed by atoms with van der Waals surface area (Å²) in [5.74, 6) is 1.29. The van der Waals surface area contributed by atoms with Gasteiger partial charge in [-0.1, -0.05) is 23.4 Å². The summed E-state index contributed by atoms with van der Waals surface area (Å²) in [4.78, 5) is 14.4. The molecule has 0 aliphatic rings. The Hall–Kier alpha value is -2.71. The van der Waals surface area contributed by atoms with Crippen molar-refractivity contribution in [1.82, 2.24) is 14.8 Å². The van der Waals surface area contributed by atoms with E-state index in [4.69, 9.17) is 16.3 Å². The van der Waals surface area contributed by atoms with Crippen LogP contribution in [0.4, 0.5) is 11.4 Å². The number of hydrogen-bond acceptors (Lipinski definition) is 6. The zero-order valence-corrected chi connectivity index (χ0v) is 18.2. The summed E-state index contributed by atoms with van der Waals surface area (Å²) in [6.45, 7) is 0. The van der Waals surface area contributed by atoms with Crippen LogP contribution in [0.25, 0.3) is 11.4 Å². The summed E-state index contributed by atoms with van der Waals surface area (Å²) in [7, 11) is 7.42. The number of anilines is 2. The van der Waals surface area contributed by atoms with Crippen LogP contribution in [-0.2, 0) is 11.8 Å². The van der Waals surface area contributed by atoms with E-state index in [1.54, 1.807) is 25.3 Å². The van der Waals surface area contributed by atoms with E-state index in [2.05, 4.69) is 15.5 Å². The predicted octanol–water partition coefficient (Wildman–Crippen LogP) is 3.94. The van der Waals surface area contributed by atoms with Crippen molar-refractivity contribution in [2.75, 3.05) is 37.2 Å². The number of benzene rings is 2. The minimum atomic E-state index is -0.185. The molecule has 0 spiro atoms. The molecule has 1 aromatic heterocycles. The number of rotatable bonds is 7. The van der Waals surface area contributed by atoms with Crippen LogP contribution in [0.1, 0.15) is 0 Å². The zero-order chi connectivity index (χ0) is 21.0. The second-order valence-electron chi connectivity index (χ2n) is 6.49. The molecule has 0 aliphatic heterocycles. The van der Waals surface area contributed by atoms with E-state index in [1.165, 1.54) is 11.8 Å². The second-order valence-corrected chi connectivity index (χ2v) is 7.87. The molecule has 0 saturated heterocycles. The molecule has 0 fully saturated rings. The minimum Gasteiger partial charge on any atom is -0.495 e. The number of carbonyl (C=O) groups excluding carboxylic acids is 1. The number of nitrogens with one attached hydrogen (secondary N) is 1. The van der Waals surface area contributed by atoms with Gasteiger partial charge in [0.2, 0.25) is 5.91 Å². The Balaban J connectivity index is 1.66. The maximum absolute atomic E-state index is 12.4. The molecule has 2 aromatic carbocycles. The highest BCUT2D eigenvalue weighted by Gasteiger charge is 2.14. The Labute approximate surface area is 179 Å². The number of aromatic nitrogens is 3. The number of hydrogen-bond donors (Lipinski definition) is 1. The van der Waals surface area contributed by atoms with Crippen LogP contribution < -0.4 is 15.0 Å². The summed E-state index contributed by atoms with van der Waals surface area (Å²) in [6.07, 6.45) is 0. The lowest BCUT2D eigenvalue weighted by molar-refractivity contribution is -0.113. The summed E-state index contributed by atoms with van der Waals surface area (Å²) in [6, 6.07) is 13.1. The monoisotopic (exact) mass is 431 g/mol. The van der Waals surface area contributed by atoms with Crippen molar-refractivity contribution < 1.29 is 9.53 Å². The number of carbonyl (C=O) groups is 1. The molecule has 0 bridgehead atoms. The van der Waals surface area contributed by atoms with Crippen molar-refractivity contribution in [2.45, 2.75) is 5.16 Å². The van der Waals surface area contributed by atoms with Gasteiger partial charge in [0.25, 0.3) is 0 Å². The number of ether oxygens (including phenoxy) is 1. The lowest BCUT2D eigenvalue weighted by Crippen LogP contribution is -2.15. The van der Waals surface area contributed by atoms with Crippen LogP contribution in [0.15, 0.2) is 47.6 Å². The molecular formula is C20H22ClN5O2S. The first-order valence-electron chi connectivity index (χ1n) is 8.82. The lowest BCUT2D eigenvalue weighted by Gasteiger charge is -2.12. The molecule has 1 heterocycles. The molecule has 1 amide bonds. The maximum atomic E-state index is 12.4. The van der Waals surface area contributed by atoms with Gasteiger partial charge in [0.1, 0.15) is 5.75 Å². The summed E-state index contributed by atoms with van der Waals surface area (Å²) in [5, 5.41) is 12.5. The van der Waals surface area contributed by atoms with E-state index < -0.39 is 0 Å². The summed E-state index contributed by atoms with van der Waals surface area (Å²) < 4.78 is 7.13. The van der Waals surface area contributed by atoms with Crippen LogP contribution in [-0.4, -0.2) is 47.6 Å². The SMILES string of the molecule is COc1ccc(Cl)cc1NC(=O)CSc1nnc(-c2ccc(N(C)C)cc2)n1C. The maximum Gasteiger partial charge on any atom is 0.234 e. The first-order chi connectivity index (χ1) is 13.9. The van der Waals surface area contributed by atoms with Gasteiger partial charge in [-0.05, 0) is 42.5 Å². The number of nitrogens with zero attached hydrogens (tertiary/aromatic N) is 4. The molecule has 7 nitrogen and oxygen atoms in total. The van der Waals surface area contributed by atoms with Crippen molar-refractivity contribution >= 4 is 40.6 Å². The second kappa shape index (κ2) is 9.19. The fourth-order valence-corrected chi connectivity index (χ4v) is 3.58. The highest BCUT2D eigenvalue weighted by molar-refractivity contribution is 7.99. The molecule has 29 heavy (non-hydrogen) atoms. The van der Waals surface area contributed by atoms with E-state index in [1.807, 2.05) is 54.9 Å². The van der Waals surface area contributed by atoms with Crippen LogP contribution >= 0.6 is 23.4 Å². The van der Waals surface area contributed by atoms with E-state index in [9.17, 15) is 4.79 Å². The van der Waals surface area contributed by atoms with Gasteiger partial charge in [-0.15, -0.1) is 10.2 Å². The highest BCUT2D eigenvalue weighted by atomic mass is 35.5. The molecule has 0 radical (unpaired) electrons. The normalized spacial score (nSPS) is 10.7. The highest BCUT2D eigenvalue weighted by Crippen LogP contribution is 2.28. The Kier molecular flexibility index (Phi) is 6.66. The van der Waals surface area contributed by atoms with E-state index in [0.29, 0.717) is 21.6 Å². The Morgan fingerprint density at radius 2 is 1.93 bits per heavy atom. The molecule has 0 saturated carbocycles. The minimum absolute atomic E-state index is 0.182.